The predicted octanol–water partition coefficient (Wildman–Crippen LogP) is 1.32. The summed E-state index contributed by atoms with van der Waals surface area (Å²) in [5.41, 5.74) is 3.22. The van der Waals surface area contributed by atoms with Gasteiger partial charge in [-0.15, -0.1) is 0 Å². The summed E-state index contributed by atoms with van der Waals surface area (Å²) < 4.78 is 23.1. The van der Waals surface area contributed by atoms with Crippen LogP contribution >= 0.6 is 0 Å². The number of piperazine rings is 1. The van der Waals surface area contributed by atoms with E-state index in [0.717, 1.165) is 38.3 Å². The molecule has 2 aromatic carbocycles. The Morgan fingerprint density at radius 2 is 1.76 bits per heavy atom. The molecule has 7 nitrogen and oxygen atoms in total. The van der Waals surface area contributed by atoms with Crippen molar-refractivity contribution in [3.05, 3.63) is 64.7 Å². The minimum Gasteiger partial charge on any atom is -0.348 e. The quantitative estimate of drug-likeness (QED) is 0.741. The molecule has 8 heteroatoms. The number of hydrogen-bond donors (Lipinski definition) is 2. The zero-order valence-corrected chi connectivity index (χ0v) is 17.7. The van der Waals surface area contributed by atoms with E-state index in [1.807, 2.05) is 12.1 Å². The number of nitrogens with one attached hydrogen (secondary N) is 1. The number of carbonyl (C=O) groups is 1. The lowest BCUT2D eigenvalue weighted by molar-refractivity contribution is 0.0950. The van der Waals surface area contributed by atoms with Crippen molar-refractivity contribution in [1.82, 2.24) is 15.1 Å². The first-order valence-electron chi connectivity index (χ1n) is 9.63. The first kappa shape index (κ1) is 21.4. The van der Waals surface area contributed by atoms with Crippen LogP contribution in [0.5, 0.6) is 0 Å². The van der Waals surface area contributed by atoms with E-state index in [9.17, 15) is 13.2 Å². The molecule has 1 saturated heterocycles. The van der Waals surface area contributed by atoms with Gasteiger partial charge in [-0.1, -0.05) is 30.3 Å². The normalized spacial score (nSPS) is 16.0. The Hall–Kier alpha value is -2.26. The van der Waals surface area contributed by atoms with Crippen LogP contribution in [0.3, 0.4) is 0 Å². The van der Waals surface area contributed by atoms with Gasteiger partial charge >= 0.3 is 0 Å². The maximum Gasteiger partial charge on any atom is 0.251 e. The van der Waals surface area contributed by atoms with Crippen molar-refractivity contribution < 1.29 is 13.2 Å². The van der Waals surface area contributed by atoms with Gasteiger partial charge in [0.05, 0.1) is 4.90 Å². The molecule has 0 radical (unpaired) electrons. The molecule has 0 aliphatic carbocycles. The van der Waals surface area contributed by atoms with Crippen molar-refractivity contribution in [2.45, 2.75) is 24.9 Å². The molecule has 3 N–H and O–H groups in total. The summed E-state index contributed by atoms with van der Waals surface area (Å²) in [5, 5.41) is 8.05. The maximum atomic E-state index is 12.6. The second-order valence-corrected chi connectivity index (χ2v) is 9.17. The molecule has 0 aromatic heterocycles. The van der Waals surface area contributed by atoms with Gasteiger partial charge in [-0.25, -0.2) is 13.6 Å². The first-order chi connectivity index (χ1) is 13.7. The second-order valence-electron chi connectivity index (χ2n) is 7.60. The molecular formula is C21H28N4O3S. The van der Waals surface area contributed by atoms with E-state index in [1.165, 1.54) is 17.7 Å². The number of nitrogens with zero attached hydrogens (tertiary/aromatic N) is 2. The summed E-state index contributed by atoms with van der Waals surface area (Å²) in [4.78, 5) is 17.3. The number of amides is 1. The molecule has 0 unspecified atom stereocenters. The summed E-state index contributed by atoms with van der Waals surface area (Å²) in [6.45, 7) is 7.28. The highest BCUT2D eigenvalue weighted by Crippen LogP contribution is 2.15. The third-order valence-corrected chi connectivity index (χ3v) is 6.14. The van der Waals surface area contributed by atoms with Crippen molar-refractivity contribution >= 4 is 15.9 Å². The van der Waals surface area contributed by atoms with Gasteiger partial charge in [0.25, 0.3) is 5.91 Å². The fourth-order valence-corrected chi connectivity index (χ4v) is 3.94. The second kappa shape index (κ2) is 9.04. The molecule has 2 aromatic rings. The highest BCUT2D eigenvalue weighted by Gasteiger charge is 2.16. The summed E-state index contributed by atoms with van der Waals surface area (Å²) >= 11 is 0. The van der Waals surface area contributed by atoms with E-state index in [0.29, 0.717) is 17.7 Å². The molecule has 0 atom stereocenters. The first-order valence-corrected chi connectivity index (χ1v) is 11.2. The molecule has 3 rings (SSSR count). The summed E-state index contributed by atoms with van der Waals surface area (Å²) in [5.74, 6) is -0.322. The van der Waals surface area contributed by atoms with Gasteiger partial charge in [-0.05, 0) is 42.8 Å². The van der Waals surface area contributed by atoms with E-state index in [2.05, 4.69) is 34.3 Å². The van der Waals surface area contributed by atoms with Crippen molar-refractivity contribution in [2.24, 2.45) is 5.14 Å². The third-order valence-electron chi connectivity index (χ3n) is 5.23. The number of carbonyl (C=O) groups excluding carboxylic acids is 1. The van der Waals surface area contributed by atoms with Crippen LogP contribution in [0.2, 0.25) is 0 Å². The Bertz CT molecular complexity index is 983. The number of primary sulfonamides is 1. The predicted molar refractivity (Wildman–Crippen MR) is 113 cm³/mol. The molecule has 0 spiro atoms. The standard InChI is InChI=1S/C21H28N4O3S/c1-16-6-7-19(29(22,27)28)13-20(16)21(26)23-14-17-4-3-5-18(12-17)15-25-10-8-24(2)9-11-25/h3-7,12-13H,8-11,14-15H2,1-2H3,(H,23,26)(H2,22,27,28). The molecule has 1 aliphatic heterocycles. The van der Waals surface area contributed by atoms with Crippen LogP contribution in [-0.4, -0.2) is 57.4 Å². The van der Waals surface area contributed by atoms with E-state index < -0.39 is 10.0 Å². The van der Waals surface area contributed by atoms with Crippen LogP contribution in [0, 0.1) is 6.92 Å². The molecule has 1 amide bonds. The third kappa shape index (κ3) is 5.86. The van der Waals surface area contributed by atoms with E-state index in [4.69, 9.17) is 5.14 Å². The topological polar surface area (TPSA) is 95.7 Å². The lowest BCUT2D eigenvalue weighted by Gasteiger charge is -2.32. The smallest absolute Gasteiger partial charge is 0.251 e. The summed E-state index contributed by atoms with van der Waals surface area (Å²) in [6, 6.07) is 12.5. The number of likely N-dealkylation sites (N-methyl/N-ethyl adjacent to an activating group) is 1. The molecule has 0 bridgehead atoms. The minimum absolute atomic E-state index is 0.0672. The van der Waals surface area contributed by atoms with Crippen LogP contribution in [-0.2, 0) is 23.1 Å². The van der Waals surface area contributed by atoms with Gasteiger partial charge in [0.1, 0.15) is 0 Å². The maximum absolute atomic E-state index is 12.6. The monoisotopic (exact) mass is 416 g/mol. The van der Waals surface area contributed by atoms with Crippen molar-refractivity contribution in [1.29, 1.82) is 0 Å². The number of benzene rings is 2. The van der Waals surface area contributed by atoms with Gasteiger partial charge < -0.3 is 10.2 Å². The zero-order chi connectivity index (χ0) is 21.0. The molecule has 29 heavy (non-hydrogen) atoms. The lowest BCUT2D eigenvalue weighted by atomic mass is 10.1. The van der Waals surface area contributed by atoms with Crippen LogP contribution in [0.15, 0.2) is 47.4 Å². The number of sulfonamides is 1. The largest absolute Gasteiger partial charge is 0.348 e. The van der Waals surface area contributed by atoms with E-state index in [-0.39, 0.29) is 10.8 Å². The molecule has 1 fully saturated rings. The molecular weight excluding hydrogens is 388 g/mol. The zero-order valence-electron chi connectivity index (χ0n) is 16.9. The van der Waals surface area contributed by atoms with E-state index in [1.54, 1.807) is 13.0 Å². The average molecular weight is 417 g/mol. The SMILES string of the molecule is Cc1ccc(S(N)(=O)=O)cc1C(=O)NCc1cccc(CN2CCN(C)CC2)c1. The number of rotatable bonds is 6. The minimum atomic E-state index is -3.85. The Morgan fingerprint density at radius 3 is 2.45 bits per heavy atom. The Kier molecular flexibility index (Phi) is 6.69. The van der Waals surface area contributed by atoms with Gasteiger partial charge in [0, 0.05) is 44.8 Å². The molecule has 1 aliphatic rings. The van der Waals surface area contributed by atoms with Gasteiger partial charge in [0.15, 0.2) is 0 Å². The van der Waals surface area contributed by atoms with E-state index >= 15 is 0 Å². The van der Waals surface area contributed by atoms with Gasteiger partial charge in [0.2, 0.25) is 10.0 Å². The molecule has 1 heterocycles. The Balaban J connectivity index is 1.63. The molecule has 0 saturated carbocycles. The van der Waals surface area contributed by atoms with Crippen molar-refractivity contribution in [3.8, 4) is 0 Å². The van der Waals surface area contributed by atoms with Crippen molar-refractivity contribution in [2.75, 3.05) is 33.2 Å². The average Bonchev–Trinajstić information content (AvgIpc) is 2.68. The van der Waals surface area contributed by atoms with Crippen LogP contribution in [0.4, 0.5) is 0 Å². The number of nitrogens with two attached hydrogens (primary N) is 1. The van der Waals surface area contributed by atoms with Crippen LogP contribution in [0.25, 0.3) is 0 Å². The Morgan fingerprint density at radius 1 is 1.07 bits per heavy atom. The fraction of sp³-hybridized carbons (Fsp3) is 0.381. The highest BCUT2D eigenvalue weighted by atomic mass is 32.2. The number of aryl methyl sites for hydroxylation is 1. The lowest BCUT2D eigenvalue weighted by Crippen LogP contribution is -2.43. The fourth-order valence-electron chi connectivity index (χ4n) is 3.40. The van der Waals surface area contributed by atoms with Gasteiger partial charge in [-0.2, -0.15) is 0 Å². The summed E-state index contributed by atoms with van der Waals surface area (Å²) in [7, 11) is -1.71. The summed E-state index contributed by atoms with van der Waals surface area (Å²) in [6.07, 6.45) is 0. The van der Waals surface area contributed by atoms with Gasteiger partial charge in [-0.3, -0.25) is 9.69 Å². The number of hydrogen-bond acceptors (Lipinski definition) is 5. The van der Waals surface area contributed by atoms with Crippen molar-refractivity contribution in [3.63, 3.8) is 0 Å². The highest BCUT2D eigenvalue weighted by molar-refractivity contribution is 7.89. The Labute approximate surface area is 172 Å². The van der Waals surface area contributed by atoms with Crippen LogP contribution in [0.1, 0.15) is 27.0 Å². The van der Waals surface area contributed by atoms with Crippen LogP contribution < -0.4 is 10.5 Å². The molecule has 156 valence electrons.